The lowest BCUT2D eigenvalue weighted by atomic mass is 9.96. The molecule has 0 bridgehead atoms. The smallest absolute Gasteiger partial charge is 0.342 e. The number of esters is 2. The minimum Gasteiger partial charge on any atom is -0.507 e. The predicted molar refractivity (Wildman–Crippen MR) is 213 cm³/mol. The van der Waals surface area contributed by atoms with E-state index >= 15 is 0 Å². The lowest BCUT2D eigenvalue weighted by Crippen LogP contribution is -2.32. The van der Waals surface area contributed by atoms with E-state index in [1.165, 1.54) is 12.1 Å². The van der Waals surface area contributed by atoms with Crippen molar-refractivity contribution in [2.24, 2.45) is 11.8 Å². The first-order chi connectivity index (χ1) is 27.1. The van der Waals surface area contributed by atoms with Crippen LogP contribution in [0.15, 0.2) is 60.7 Å². The van der Waals surface area contributed by atoms with Crippen molar-refractivity contribution < 1.29 is 53.4 Å². The van der Waals surface area contributed by atoms with E-state index in [4.69, 9.17) is 18.9 Å². The Kier molecular flexibility index (Phi) is 13.1. The number of benzene rings is 2. The van der Waals surface area contributed by atoms with Gasteiger partial charge in [0.05, 0.1) is 17.8 Å². The number of fused-ring (bicyclic) bond motifs is 5. The second-order valence-electron chi connectivity index (χ2n) is 16.3. The minimum absolute atomic E-state index is 0.0238. The van der Waals surface area contributed by atoms with Crippen LogP contribution < -0.4 is 0 Å². The van der Waals surface area contributed by atoms with Crippen molar-refractivity contribution in [2.75, 3.05) is 0 Å². The van der Waals surface area contributed by atoms with E-state index in [0.29, 0.717) is 24.0 Å². The van der Waals surface area contributed by atoms with Gasteiger partial charge >= 0.3 is 11.9 Å². The maximum Gasteiger partial charge on any atom is 0.342 e. The number of hydrogen-bond acceptors (Lipinski definition) is 11. The van der Waals surface area contributed by atoms with E-state index in [1.54, 1.807) is 37.3 Å². The van der Waals surface area contributed by atoms with Gasteiger partial charge in [0.2, 0.25) is 0 Å². The number of phenols is 1. The fourth-order valence-corrected chi connectivity index (χ4v) is 8.46. The molecule has 0 radical (unpaired) electrons. The van der Waals surface area contributed by atoms with Crippen molar-refractivity contribution in [3.05, 3.63) is 99.7 Å². The van der Waals surface area contributed by atoms with E-state index in [-0.39, 0.29) is 53.5 Å². The second kappa shape index (κ2) is 17.9. The van der Waals surface area contributed by atoms with E-state index in [2.05, 4.69) is 0 Å². The SMILES string of the molecule is Cc1cc(C)c2c(c1)/C=C/C[C@@H]1OC(C)(C)O[C@@H]1C(=O)/C=C\[C@@H]1CCC[C@H]1OC2=O.Cc1cc(O)c2c(c1)/C=C/C[C@H](O)[C@H](O)C(=O)/C=C\[C@@H]1CCC[C@H]1OC2=O. The van der Waals surface area contributed by atoms with Gasteiger partial charge in [0.1, 0.15) is 35.7 Å². The number of carbonyl (C=O) groups excluding carboxylic acids is 4. The van der Waals surface area contributed by atoms with Gasteiger partial charge in [-0.3, -0.25) is 9.59 Å². The van der Waals surface area contributed by atoms with Gasteiger partial charge in [-0.15, -0.1) is 0 Å². The first-order valence-electron chi connectivity index (χ1n) is 20.0. The molecule has 3 N–H and O–H groups in total. The Labute approximate surface area is 334 Å². The van der Waals surface area contributed by atoms with Gasteiger partial charge in [-0.2, -0.15) is 0 Å². The van der Waals surface area contributed by atoms with Crippen LogP contribution in [0.25, 0.3) is 12.2 Å². The van der Waals surface area contributed by atoms with Crippen LogP contribution in [0, 0.1) is 32.6 Å². The molecule has 3 heterocycles. The molecule has 11 nitrogen and oxygen atoms in total. The van der Waals surface area contributed by atoms with Crippen molar-refractivity contribution in [1.29, 1.82) is 0 Å². The summed E-state index contributed by atoms with van der Waals surface area (Å²) >= 11 is 0. The normalized spacial score (nSPS) is 32.3. The molecule has 0 unspecified atom stereocenters. The number of aliphatic hydroxyl groups is 2. The zero-order valence-corrected chi connectivity index (χ0v) is 33.3. The summed E-state index contributed by atoms with van der Waals surface area (Å²) in [7, 11) is 0. The van der Waals surface area contributed by atoms with E-state index in [1.807, 2.05) is 58.1 Å². The molecule has 2 aliphatic carbocycles. The summed E-state index contributed by atoms with van der Waals surface area (Å²) in [6.45, 7) is 9.41. The van der Waals surface area contributed by atoms with Crippen LogP contribution in [0.5, 0.6) is 5.75 Å². The lowest BCUT2D eigenvalue weighted by molar-refractivity contribution is -0.152. The predicted octanol–water partition coefficient (Wildman–Crippen LogP) is 6.98. The second-order valence-corrected chi connectivity index (χ2v) is 16.3. The largest absolute Gasteiger partial charge is 0.507 e. The van der Waals surface area contributed by atoms with Gasteiger partial charge < -0.3 is 34.3 Å². The van der Waals surface area contributed by atoms with Crippen LogP contribution in [-0.2, 0) is 28.5 Å². The zero-order valence-electron chi connectivity index (χ0n) is 33.3. The van der Waals surface area contributed by atoms with Gasteiger partial charge in [-0.25, -0.2) is 9.59 Å². The summed E-state index contributed by atoms with van der Waals surface area (Å²) in [5, 5.41) is 30.4. The molecule has 304 valence electrons. The van der Waals surface area contributed by atoms with Crippen LogP contribution in [0.3, 0.4) is 0 Å². The third-order valence-electron chi connectivity index (χ3n) is 11.2. The molecule has 3 aliphatic heterocycles. The Morgan fingerprint density at radius 2 is 1.18 bits per heavy atom. The monoisotopic (exact) mass is 782 g/mol. The maximum atomic E-state index is 13.1. The average molecular weight is 783 g/mol. The summed E-state index contributed by atoms with van der Waals surface area (Å²) < 4.78 is 23.5. The van der Waals surface area contributed by atoms with E-state index < -0.39 is 42.0 Å². The molecule has 3 fully saturated rings. The quantitative estimate of drug-likeness (QED) is 0.236. The van der Waals surface area contributed by atoms with Crippen molar-refractivity contribution in [1.82, 2.24) is 0 Å². The minimum atomic E-state index is -1.51. The third-order valence-corrected chi connectivity index (χ3v) is 11.2. The Morgan fingerprint density at radius 3 is 1.81 bits per heavy atom. The summed E-state index contributed by atoms with van der Waals surface area (Å²) in [6, 6.07) is 7.24. The number of hydrogen-bond donors (Lipinski definition) is 3. The number of aromatic hydroxyl groups is 1. The molecular formula is C46H54O11. The summed E-state index contributed by atoms with van der Waals surface area (Å²) in [5.41, 5.74) is 4.75. The zero-order chi connectivity index (χ0) is 41.0. The van der Waals surface area contributed by atoms with E-state index in [0.717, 1.165) is 54.4 Å². The first kappa shape index (κ1) is 41.9. The topological polar surface area (TPSA) is 166 Å². The Morgan fingerprint density at radius 1 is 0.632 bits per heavy atom. The highest BCUT2D eigenvalue weighted by atomic mass is 16.8. The van der Waals surface area contributed by atoms with Crippen LogP contribution in [0.4, 0.5) is 0 Å². The van der Waals surface area contributed by atoms with Crippen molar-refractivity contribution in [2.45, 2.75) is 128 Å². The molecule has 2 saturated carbocycles. The summed E-state index contributed by atoms with van der Waals surface area (Å²) in [6.07, 6.45) is 14.5. The first-order valence-corrected chi connectivity index (χ1v) is 20.0. The molecule has 2 aromatic carbocycles. The standard InChI is InChI=1S/C25H30O5.C21H24O6/c1-15-13-16(2)22-18(14-15)8-6-10-21-23(30-25(3,4)29-21)19(26)12-11-17-7-5-9-20(17)28-24(22)27;1-12-10-14-5-2-6-15(22)20(25)16(23)9-8-13-4-3-7-18(13)27-21(26)19(14)17(24)11-12/h6,8,11-14,17,20-21,23H,5,7,9-10H2,1-4H3;2,5,8-11,13,15,18,20,22,24-25H,3-4,6-7H2,1H3/b8-6+,12-11-;5-2+,9-8-/t17-,20+,21-,23+;13-,15-,18+,20-/m00/s1. The summed E-state index contributed by atoms with van der Waals surface area (Å²) in [5.74, 6) is -2.63. The van der Waals surface area contributed by atoms with Crippen LogP contribution >= 0.6 is 0 Å². The highest BCUT2D eigenvalue weighted by molar-refractivity contribution is 5.98. The number of aryl methyl sites for hydroxylation is 3. The fraction of sp³-hybridized carbons (Fsp3) is 0.478. The number of ketones is 2. The lowest BCUT2D eigenvalue weighted by Gasteiger charge is -2.20. The molecular weight excluding hydrogens is 728 g/mol. The Bertz CT molecular complexity index is 1990. The van der Waals surface area contributed by atoms with Gasteiger partial charge in [-0.1, -0.05) is 60.2 Å². The molecule has 11 heteroatoms. The number of aliphatic hydroxyl groups excluding tert-OH is 2. The van der Waals surface area contributed by atoms with Crippen molar-refractivity contribution in [3.8, 4) is 5.75 Å². The fourth-order valence-electron chi connectivity index (χ4n) is 8.46. The van der Waals surface area contributed by atoms with Crippen LogP contribution in [0.2, 0.25) is 0 Å². The van der Waals surface area contributed by atoms with E-state index in [9.17, 15) is 34.5 Å². The average Bonchev–Trinajstić information content (AvgIpc) is 3.86. The molecule has 57 heavy (non-hydrogen) atoms. The molecule has 0 spiro atoms. The molecule has 7 rings (SSSR count). The van der Waals surface area contributed by atoms with Gasteiger partial charge in [0.15, 0.2) is 17.4 Å². The number of rotatable bonds is 0. The molecule has 0 aromatic heterocycles. The Hall–Kier alpha value is -4.68. The highest BCUT2D eigenvalue weighted by Gasteiger charge is 2.44. The van der Waals surface area contributed by atoms with Crippen LogP contribution in [0.1, 0.15) is 114 Å². The van der Waals surface area contributed by atoms with Crippen LogP contribution in [-0.4, -0.2) is 81.2 Å². The molecule has 0 amide bonds. The molecule has 1 saturated heterocycles. The Balaban J connectivity index is 0.000000194. The molecule has 2 aromatic rings. The maximum absolute atomic E-state index is 13.1. The highest BCUT2D eigenvalue weighted by Crippen LogP contribution is 2.35. The van der Waals surface area contributed by atoms with Crippen molar-refractivity contribution >= 4 is 35.7 Å². The summed E-state index contributed by atoms with van der Waals surface area (Å²) in [4.78, 5) is 50.8. The van der Waals surface area contributed by atoms with Gasteiger partial charge in [-0.05, 0) is 126 Å². The third kappa shape index (κ3) is 10.1. The number of phenolic OH excluding ortho intramolecular Hbond substituents is 1. The number of ether oxygens (including phenoxy) is 4. The van der Waals surface area contributed by atoms with Gasteiger partial charge in [0.25, 0.3) is 0 Å². The molecule has 5 aliphatic rings. The molecule has 8 atom stereocenters. The van der Waals surface area contributed by atoms with Crippen molar-refractivity contribution in [3.63, 3.8) is 0 Å². The number of carbonyl (C=O) groups is 4. The van der Waals surface area contributed by atoms with Gasteiger partial charge in [0, 0.05) is 11.8 Å².